The van der Waals surface area contributed by atoms with Crippen LogP contribution in [0.5, 0.6) is 5.75 Å². The second kappa shape index (κ2) is 10.8. The molecular formula is C29H36N4O4. The maximum atomic E-state index is 13.9. The van der Waals surface area contributed by atoms with Gasteiger partial charge in [-0.2, -0.15) is 0 Å². The number of hydrogen-bond donors (Lipinski definition) is 1. The molecule has 2 heterocycles. The molecular weight excluding hydrogens is 468 g/mol. The van der Waals surface area contributed by atoms with E-state index >= 15 is 0 Å². The van der Waals surface area contributed by atoms with E-state index in [0.29, 0.717) is 43.9 Å². The number of hydrogen-bond acceptors (Lipinski definition) is 5. The van der Waals surface area contributed by atoms with Gasteiger partial charge in [-0.25, -0.2) is 0 Å². The van der Waals surface area contributed by atoms with Crippen LogP contribution in [0.25, 0.3) is 0 Å². The first-order valence-electron chi connectivity index (χ1n) is 13.4. The van der Waals surface area contributed by atoms with Crippen molar-refractivity contribution in [3.8, 4) is 5.75 Å². The summed E-state index contributed by atoms with van der Waals surface area (Å²) >= 11 is 0. The molecule has 5 rings (SSSR count). The molecule has 37 heavy (non-hydrogen) atoms. The van der Waals surface area contributed by atoms with Crippen LogP contribution in [0.4, 0.5) is 5.69 Å². The van der Waals surface area contributed by atoms with Crippen LogP contribution in [0.1, 0.15) is 55.3 Å². The van der Waals surface area contributed by atoms with Gasteiger partial charge in [0.05, 0.1) is 19.3 Å². The lowest BCUT2D eigenvalue weighted by molar-refractivity contribution is -0.137. The highest BCUT2D eigenvalue weighted by Gasteiger charge is 2.54. The highest BCUT2D eigenvalue weighted by molar-refractivity contribution is 5.99. The van der Waals surface area contributed by atoms with Crippen molar-refractivity contribution in [2.45, 2.75) is 56.5 Å². The molecule has 1 aliphatic carbocycles. The molecule has 3 fully saturated rings. The van der Waals surface area contributed by atoms with E-state index in [1.54, 1.807) is 29.0 Å². The largest absolute Gasteiger partial charge is 0.496 e. The van der Waals surface area contributed by atoms with Gasteiger partial charge in [-0.3, -0.25) is 14.4 Å². The lowest BCUT2D eigenvalue weighted by atomic mass is 9.85. The number of carbonyl (C=O) groups excluding carboxylic acids is 3. The number of methoxy groups -OCH3 is 1. The Bertz CT molecular complexity index is 1120. The molecule has 3 aliphatic rings. The first-order chi connectivity index (χ1) is 18.0. The summed E-state index contributed by atoms with van der Waals surface area (Å²) in [6, 6.07) is 17.3. The van der Waals surface area contributed by atoms with Crippen molar-refractivity contribution in [2.75, 3.05) is 38.3 Å². The van der Waals surface area contributed by atoms with Crippen LogP contribution < -0.4 is 15.0 Å². The molecule has 0 radical (unpaired) electrons. The van der Waals surface area contributed by atoms with E-state index in [1.165, 1.54) is 6.42 Å². The van der Waals surface area contributed by atoms with Crippen LogP contribution in [-0.4, -0.2) is 72.5 Å². The summed E-state index contributed by atoms with van der Waals surface area (Å²) in [6.45, 7) is 1.33. The number of amides is 3. The van der Waals surface area contributed by atoms with Gasteiger partial charge in [0.15, 0.2) is 0 Å². The molecule has 1 spiro atoms. The van der Waals surface area contributed by atoms with Gasteiger partial charge in [0.2, 0.25) is 5.91 Å². The molecule has 8 nitrogen and oxygen atoms in total. The summed E-state index contributed by atoms with van der Waals surface area (Å²) in [7, 11) is 1.56. The number of carbonyl (C=O) groups is 3. The molecule has 2 aromatic carbocycles. The quantitative estimate of drug-likeness (QED) is 0.652. The van der Waals surface area contributed by atoms with Gasteiger partial charge in [0.25, 0.3) is 11.8 Å². The zero-order chi connectivity index (χ0) is 25.8. The molecule has 1 saturated carbocycles. The summed E-state index contributed by atoms with van der Waals surface area (Å²) in [5.74, 6) is 0.340. The van der Waals surface area contributed by atoms with E-state index < -0.39 is 5.54 Å². The Morgan fingerprint density at radius 3 is 2.35 bits per heavy atom. The lowest BCUT2D eigenvalue weighted by Gasteiger charge is -2.43. The van der Waals surface area contributed by atoms with E-state index in [2.05, 4.69) is 10.2 Å². The number of nitrogens with zero attached hydrogens (tertiary/aromatic N) is 3. The Morgan fingerprint density at radius 1 is 0.973 bits per heavy atom. The van der Waals surface area contributed by atoms with Crippen molar-refractivity contribution >= 4 is 23.4 Å². The number of likely N-dealkylation sites (tertiary alicyclic amines) is 1. The van der Waals surface area contributed by atoms with Crippen molar-refractivity contribution in [3.05, 3.63) is 60.2 Å². The minimum atomic E-state index is -0.774. The maximum absolute atomic E-state index is 13.9. The summed E-state index contributed by atoms with van der Waals surface area (Å²) in [5, 5.41) is 3.15. The Morgan fingerprint density at radius 2 is 1.65 bits per heavy atom. The highest BCUT2D eigenvalue weighted by atomic mass is 16.5. The van der Waals surface area contributed by atoms with E-state index in [1.807, 2.05) is 42.5 Å². The van der Waals surface area contributed by atoms with Gasteiger partial charge in [0.1, 0.15) is 17.8 Å². The molecule has 0 bridgehead atoms. The molecule has 2 saturated heterocycles. The van der Waals surface area contributed by atoms with Gasteiger partial charge in [0, 0.05) is 24.8 Å². The predicted octanol–water partition coefficient (Wildman–Crippen LogP) is 3.43. The SMILES string of the molecule is COc1ccccc1C(=O)N1CCC2(CC1)C(=O)N(CC(=O)NC1CCCCC1)CN2c1ccccc1. The van der Waals surface area contributed by atoms with Gasteiger partial charge < -0.3 is 24.8 Å². The standard InChI is InChI=1S/C29H36N4O4/c1-37-25-15-9-8-14-24(25)27(35)31-18-16-29(17-19-31)28(36)32(21-33(29)23-12-6-3-7-13-23)20-26(34)30-22-10-4-2-5-11-22/h3,6-9,12-15,22H,2,4-5,10-11,16-21H2,1H3,(H,30,34). The fraction of sp³-hybridized carbons (Fsp3) is 0.483. The van der Waals surface area contributed by atoms with Crippen molar-refractivity contribution < 1.29 is 19.1 Å². The Balaban J connectivity index is 1.32. The average molecular weight is 505 g/mol. The summed E-state index contributed by atoms with van der Waals surface area (Å²) < 4.78 is 5.39. The van der Waals surface area contributed by atoms with E-state index in [0.717, 1.165) is 31.4 Å². The second-order valence-electron chi connectivity index (χ2n) is 10.3. The molecule has 196 valence electrons. The van der Waals surface area contributed by atoms with Gasteiger partial charge in [-0.15, -0.1) is 0 Å². The minimum absolute atomic E-state index is 0.0282. The van der Waals surface area contributed by atoms with Crippen LogP contribution >= 0.6 is 0 Å². The third-order valence-corrected chi connectivity index (χ3v) is 8.10. The number of benzene rings is 2. The number of para-hydroxylation sites is 2. The molecule has 2 aromatic rings. The van der Waals surface area contributed by atoms with Crippen LogP contribution in [0.3, 0.4) is 0 Å². The molecule has 0 unspecified atom stereocenters. The summed E-state index contributed by atoms with van der Waals surface area (Å²) in [6.07, 6.45) is 6.53. The lowest BCUT2D eigenvalue weighted by Crippen LogP contribution is -2.57. The zero-order valence-electron chi connectivity index (χ0n) is 21.5. The van der Waals surface area contributed by atoms with E-state index in [9.17, 15) is 14.4 Å². The molecule has 0 atom stereocenters. The second-order valence-corrected chi connectivity index (χ2v) is 10.3. The van der Waals surface area contributed by atoms with Crippen LogP contribution in [0.2, 0.25) is 0 Å². The Hall–Kier alpha value is -3.55. The van der Waals surface area contributed by atoms with E-state index in [-0.39, 0.29) is 30.3 Å². The molecule has 2 aliphatic heterocycles. The fourth-order valence-electron chi connectivity index (χ4n) is 6.09. The summed E-state index contributed by atoms with van der Waals surface area (Å²) in [4.78, 5) is 45.7. The Labute approximate surface area is 218 Å². The first-order valence-corrected chi connectivity index (χ1v) is 13.4. The third kappa shape index (κ3) is 5.02. The first kappa shape index (κ1) is 25.1. The van der Waals surface area contributed by atoms with Crippen LogP contribution in [0, 0.1) is 0 Å². The number of ether oxygens (including phenoxy) is 1. The van der Waals surface area contributed by atoms with Gasteiger partial charge in [-0.1, -0.05) is 49.6 Å². The molecule has 3 amide bonds. The minimum Gasteiger partial charge on any atom is -0.496 e. The van der Waals surface area contributed by atoms with Crippen molar-refractivity contribution in [3.63, 3.8) is 0 Å². The summed E-state index contributed by atoms with van der Waals surface area (Å²) in [5.41, 5.74) is 0.708. The molecule has 8 heteroatoms. The third-order valence-electron chi connectivity index (χ3n) is 8.10. The Kier molecular flexibility index (Phi) is 7.35. The van der Waals surface area contributed by atoms with Crippen molar-refractivity contribution in [1.29, 1.82) is 0 Å². The zero-order valence-corrected chi connectivity index (χ0v) is 21.5. The predicted molar refractivity (Wildman–Crippen MR) is 141 cm³/mol. The normalized spacial score (nSPS) is 19.8. The molecule has 0 aromatic heterocycles. The van der Waals surface area contributed by atoms with Crippen molar-refractivity contribution in [2.24, 2.45) is 0 Å². The number of piperidine rings is 1. The van der Waals surface area contributed by atoms with E-state index in [4.69, 9.17) is 4.74 Å². The monoisotopic (exact) mass is 504 g/mol. The fourth-order valence-corrected chi connectivity index (χ4v) is 6.09. The van der Waals surface area contributed by atoms with Crippen LogP contribution in [0.15, 0.2) is 54.6 Å². The number of rotatable bonds is 6. The van der Waals surface area contributed by atoms with Gasteiger partial charge >= 0.3 is 0 Å². The van der Waals surface area contributed by atoms with Crippen molar-refractivity contribution in [1.82, 2.24) is 15.1 Å². The maximum Gasteiger partial charge on any atom is 0.257 e. The topological polar surface area (TPSA) is 82.2 Å². The molecule has 1 N–H and O–H groups in total. The number of nitrogens with one attached hydrogen (secondary N) is 1. The smallest absolute Gasteiger partial charge is 0.257 e. The van der Waals surface area contributed by atoms with Crippen LogP contribution in [-0.2, 0) is 9.59 Å². The average Bonchev–Trinajstić information content (AvgIpc) is 3.20. The highest BCUT2D eigenvalue weighted by Crippen LogP contribution is 2.40. The van der Waals surface area contributed by atoms with Gasteiger partial charge in [-0.05, 0) is 49.9 Å². The number of anilines is 1.